The van der Waals surface area contributed by atoms with Crippen molar-refractivity contribution in [3.05, 3.63) is 60.4 Å². The van der Waals surface area contributed by atoms with Crippen LogP contribution in [0, 0.1) is 0 Å². The Morgan fingerprint density at radius 3 is 2.39 bits per heavy atom. The molecule has 0 bridgehead atoms. The van der Waals surface area contributed by atoms with Gasteiger partial charge in [0.25, 0.3) is 5.91 Å². The number of amides is 1. The summed E-state index contributed by atoms with van der Waals surface area (Å²) in [6.07, 6.45) is 1.38. The second-order valence-corrected chi connectivity index (χ2v) is 6.03. The Morgan fingerprint density at radius 1 is 0.893 bits per heavy atom. The number of fused-ring (bicyclic) bond motifs is 2. The SMILES string of the molecule is COc1cc2ncnc(Oc3ccc4ccccc4c3C(N)=O)c2cc1OC. The second-order valence-electron chi connectivity index (χ2n) is 6.03. The summed E-state index contributed by atoms with van der Waals surface area (Å²) in [5, 5.41) is 2.22. The molecule has 7 heteroatoms. The number of carbonyl (C=O) groups excluding carboxylic acids is 1. The highest BCUT2D eigenvalue weighted by Gasteiger charge is 2.17. The van der Waals surface area contributed by atoms with E-state index in [1.807, 2.05) is 30.3 Å². The van der Waals surface area contributed by atoms with E-state index in [2.05, 4.69) is 9.97 Å². The number of methoxy groups -OCH3 is 2. The van der Waals surface area contributed by atoms with E-state index < -0.39 is 5.91 Å². The van der Waals surface area contributed by atoms with E-state index >= 15 is 0 Å². The third-order valence-electron chi connectivity index (χ3n) is 4.45. The zero-order valence-corrected chi connectivity index (χ0v) is 15.3. The molecule has 2 N–H and O–H groups in total. The molecule has 0 unspecified atom stereocenters. The summed E-state index contributed by atoms with van der Waals surface area (Å²) in [4.78, 5) is 20.6. The van der Waals surface area contributed by atoms with Crippen LogP contribution in [0.3, 0.4) is 0 Å². The number of hydrogen-bond acceptors (Lipinski definition) is 6. The van der Waals surface area contributed by atoms with Gasteiger partial charge in [0.15, 0.2) is 11.5 Å². The highest BCUT2D eigenvalue weighted by molar-refractivity contribution is 6.09. The van der Waals surface area contributed by atoms with Gasteiger partial charge in [0.05, 0.1) is 30.7 Å². The fourth-order valence-electron chi connectivity index (χ4n) is 3.14. The summed E-state index contributed by atoms with van der Waals surface area (Å²) in [5.74, 6) is 1.08. The molecule has 0 aliphatic heterocycles. The van der Waals surface area contributed by atoms with Gasteiger partial charge in [-0.15, -0.1) is 0 Å². The maximum absolute atomic E-state index is 12.1. The van der Waals surface area contributed by atoms with Crippen LogP contribution in [0.15, 0.2) is 54.9 Å². The molecule has 1 aromatic heterocycles. The second kappa shape index (κ2) is 7.03. The normalized spacial score (nSPS) is 10.8. The smallest absolute Gasteiger partial charge is 0.253 e. The van der Waals surface area contributed by atoms with Gasteiger partial charge in [0.1, 0.15) is 12.1 Å². The molecule has 0 aliphatic rings. The van der Waals surface area contributed by atoms with Crippen LogP contribution in [0.5, 0.6) is 23.1 Å². The number of aromatic nitrogens is 2. The van der Waals surface area contributed by atoms with E-state index in [1.54, 1.807) is 32.4 Å². The predicted octanol–water partition coefficient (Wildman–Crippen LogP) is 3.69. The van der Waals surface area contributed by atoms with Crippen LogP contribution in [0.25, 0.3) is 21.7 Å². The van der Waals surface area contributed by atoms with Crippen LogP contribution in [-0.2, 0) is 0 Å². The van der Waals surface area contributed by atoms with E-state index in [4.69, 9.17) is 19.9 Å². The first-order valence-corrected chi connectivity index (χ1v) is 8.48. The molecule has 0 atom stereocenters. The van der Waals surface area contributed by atoms with E-state index in [1.165, 1.54) is 6.33 Å². The molecule has 1 amide bonds. The molecule has 3 aromatic carbocycles. The van der Waals surface area contributed by atoms with Gasteiger partial charge in [0, 0.05) is 6.07 Å². The lowest BCUT2D eigenvalue weighted by Crippen LogP contribution is -2.13. The van der Waals surface area contributed by atoms with Crippen LogP contribution in [0.4, 0.5) is 0 Å². The molecule has 0 radical (unpaired) electrons. The zero-order valence-electron chi connectivity index (χ0n) is 15.3. The maximum atomic E-state index is 12.1. The quantitative estimate of drug-likeness (QED) is 0.571. The molecule has 0 saturated heterocycles. The number of nitrogens with zero attached hydrogens (tertiary/aromatic N) is 2. The fourth-order valence-corrected chi connectivity index (χ4v) is 3.14. The number of ether oxygens (including phenoxy) is 3. The highest BCUT2D eigenvalue weighted by Crippen LogP contribution is 2.37. The van der Waals surface area contributed by atoms with Crippen LogP contribution in [-0.4, -0.2) is 30.1 Å². The van der Waals surface area contributed by atoms with Crippen LogP contribution in [0.2, 0.25) is 0 Å². The maximum Gasteiger partial charge on any atom is 0.253 e. The van der Waals surface area contributed by atoms with Crippen molar-refractivity contribution in [1.29, 1.82) is 0 Å². The van der Waals surface area contributed by atoms with Crippen molar-refractivity contribution in [3.8, 4) is 23.1 Å². The van der Waals surface area contributed by atoms with Crippen molar-refractivity contribution in [3.63, 3.8) is 0 Å². The van der Waals surface area contributed by atoms with Crippen LogP contribution < -0.4 is 19.9 Å². The molecule has 140 valence electrons. The first kappa shape index (κ1) is 17.5. The fraction of sp³-hybridized carbons (Fsp3) is 0.0952. The summed E-state index contributed by atoms with van der Waals surface area (Å²) in [6, 6.07) is 14.5. The van der Waals surface area contributed by atoms with Gasteiger partial charge in [-0.25, -0.2) is 9.97 Å². The van der Waals surface area contributed by atoms with Crippen molar-refractivity contribution in [2.45, 2.75) is 0 Å². The van der Waals surface area contributed by atoms with Crippen molar-refractivity contribution in [2.75, 3.05) is 14.2 Å². The Hall–Kier alpha value is -3.87. The molecule has 28 heavy (non-hydrogen) atoms. The molecule has 4 rings (SSSR count). The lowest BCUT2D eigenvalue weighted by Gasteiger charge is -2.14. The average molecular weight is 375 g/mol. The third-order valence-corrected chi connectivity index (χ3v) is 4.45. The predicted molar refractivity (Wildman–Crippen MR) is 105 cm³/mol. The van der Waals surface area contributed by atoms with Crippen molar-refractivity contribution >= 4 is 27.6 Å². The number of primary amides is 1. The van der Waals surface area contributed by atoms with E-state index in [0.717, 1.165) is 5.39 Å². The van der Waals surface area contributed by atoms with Gasteiger partial charge >= 0.3 is 0 Å². The summed E-state index contributed by atoms with van der Waals surface area (Å²) in [6.45, 7) is 0. The summed E-state index contributed by atoms with van der Waals surface area (Å²) >= 11 is 0. The first-order chi connectivity index (χ1) is 13.6. The minimum absolute atomic E-state index is 0.281. The Balaban J connectivity index is 1.89. The van der Waals surface area contributed by atoms with E-state index in [9.17, 15) is 4.79 Å². The standard InChI is InChI=1S/C21H17N3O4/c1-26-17-9-14-15(10-18(17)27-2)23-11-24-21(14)28-16-8-7-12-5-3-4-6-13(12)19(16)20(22)25/h3-11H,1-2H3,(H2,22,25). The zero-order chi connectivity index (χ0) is 19.7. The topological polar surface area (TPSA) is 96.6 Å². The molecular formula is C21H17N3O4. The van der Waals surface area contributed by atoms with Gasteiger partial charge in [-0.2, -0.15) is 0 Å². The summed E-state index contributed by atoms with van der Waals surface area (Å²) < 4.78 is 16.7. The van der Waals surface area contributed by atoms with Gasteiger partial charge < -0.3 is 19.9 Å². The summed E-state index contributed by atoms with van der Waals surface area (Å²) in [5.41, 5.74) is 6.55. The Bertz CT molecular complexity index is 1210. The largest absolute Gasteiger partial charge is 0.493 e. The number of benzene rings is 3. The summed E-state index contributed by atoms with van der Waals surface area (Å²) in [7, 11) is 3.10. The first-order valence-electron chi connectivity index (χ1n) is 8.48. The van der Waals surface area contributed by atoms with Gasteiger partial charge in [-0.05, 0) is 22.9 Å². The molecule has 0 spiro atoms. The molecule has 4 aromatic rings. The molecule has 1 heterocycles. The average Bonchev–Trinajstić information content (AvgIpc) is 2.72. The third kappa shape index (κ3) is 2.92. The molecule has 0 aliphatic carbocycles. The Morgan fingerprint density at radius 2 is 1.64 bits per heavy atom. The van der Waals surface area contributed by atoms with Crippen molar-refractivity contribution in [1.82, 2.24) is 9.97 Å². The molecule has 0 fully saturated rings. The van der Waals surface area contributed by atoms with Gasteiger partial charge in [-0.3, -0.25) is 4.79 Å². The van der Waals surface area contributed by atoms with Crippen LogP contribution in [0.1, 0.15) is 10.4 Å². The number of nitrogens with two attached hydrogens (primary N) is 1. The monoisotopic (exact) mass is 375 g/mol. The van der Waals surface area contributed by atoms with E-state index in [0.29, 0.717) is 39.1 Å². The molecule has 0 saturated carbocycles. The molecule has 7 nitrogen and oxygen atoms in total. The lowest BCUT2D eigenvalue weighted by molar-refractivity contribution is 0.0999. The van der Waals surface area contributed by atoms with E-state index in [-0.39, 0.29) is 5.88 Å². The van der Waals surface area contributed by atoms with Crippen LogP contribution >= 0.6 is 0 Å². The Kier molecular flexibility index (Phi) is 4.41. The number of carbonyl (C=O) groups is 1. The van der Waals surface area contributed by atoms with Crippen molar-refractivity contribution < 1.29 is 19.0 Å². The van der Waals surface area contributed by atoms with Gasteiger partial charge in [0.2, 0.25) is 5.88 Å². The number of hydrogen-bond donors (Lipinski definition) is 1. The molecular weight excluding hydrogens is 358 g/mol. The lowest BCUT2D eigenvalue weighted by atomic mass is 10.0. The van der Waals surface area contributed by atoms with Crippen molar-refractivity contribution in [2.24, 2.45) is 5.73 Å². The minimum atomic E-state index is -0.579. The highest BCUT2D eigenvalue weighted by atomic mass is 16.5. The Labute approximate surface area is 160 Å². The minimum Gasteiger partial charge on any atom is -0.493 e. The number of rotatable bonds is 5. The van der Waals surface area contributed by atoms with Gasteiger partial charge in [-0.1, -0.05) is 30.3 Å².